The van der Waals surface area contributed by atoms with Gasteiger partial charge in [0.05, 0.1) is 19.3 Å². The first-order valence-electron chi connectivity index (χ1n) is 7.20. The van der Waals surface area contributed by atoms with Gasteiger partial charge in [0.25, 0.3) is 0 Å². The predicted molar refractivity (Wildman–Crippen MR) is 77.7 cm³/mol. The first kappa shape index (κ1) is 16.5. The van der Waals surface area contributed by atoms with E-state index >= 15 is 0 Å². The minimum Gasteiger partial charge on any atom is -0.494 e. The number of aliphatic hydroxyl groups is 1. The predicted octanol–water partition coefficient (Wildman–Crippen LogP) is 3.24. The molecule has 1 N–H and O–H groups in total. The normalized spacial score (nSPS) is 11.9. The van der Waals surface area contributed by atoms with Crippen LogP contribution in [-0.4, -0.2) is 24.3 Å². The van der Waals surface area contributed by atoms with E-state index < -0.39 is 6.10 Å². The van der Waals surface area contributed by atoms with Crippen molar-refractivity contribution < 1.29 is 19.4 Å². The Hall–Kier alpha value is -1.55. The molecule has 112 valence electrons. The molecule has 0 aliphatic heterocycles. The number of aliphatic hydroxyl groups excluding tert-OH is 1. The molecule has 0 unspecified atom stereocenters. The molecule has 0 radical (unpaired) electrons. The van der Waals surface area contributed by atoms with Crippen molar-refractivity contribution in [2.24, 2.45) is 0 Å². The maximum Gasteiger partial charge on any atom is 0.305 e. The van der Waals surface area contributed by atoms with Crippen molar-refractivity contribution in [2.45, 2.75) is 45.6 Å². The lowest BCUT2D eigenvalue weighted by Crippen LogP contribution is -2.04. The molecule has 1 atom stereocenters. The molecule has 1 rings (SSSR count). The molecule has 0 aliphatic rings. The van der Waals surface area contributed by atoms with Gasteiger partial charge in [0, 0.05) is 6.42 Å². The van der Waals surface area contributed by atoms with Crippen LogP contribution in [0.5, 0.6) is 5.75 Å². The summed E-state index contributed by atoms with van der Waals surface area (Å²) in [6.07, 6.45) is 2.73. The van der Waals surface area contributed by atoms with Gasteiger partial charge in [0.15, 0.2) is 0 Å². The Morgan fingerprint density at radius 3 is 2.50 bits per heavy atom. The van der Waals surface area contributed by atoms with E-state index in [0.717, 1.165) is 30.6 Å². The van der Waals surface area contributed by atoms with Crippen LogP contribution < -0.4 is 4.74 Å². The number of carbonyl (C=O) groups excluding carboxylic acids is 1. The first-order chi connectivity index (χ1) is 9.63. The quantitative estimate of drug-likeness (QED) is 0.557. The lowest BCUT2D eigenvalue weighted by atomic mass is 10.1. The summed E-state index contributed by atoms with van der Waals surface area (Å²) in [5.41, 5.74) is 0.881. The van der Waals surface area contributed by atoms with Gasteiger partial charge >= 0.3 is 5.97 Å². The lowest BCUT2D eigenvalue weighted by Gasteiger charge is -2.08. The standard InChI is InChI=1S/C16H24O4/c1-3-19-16(18)7-5-4-6-12-20-15-10-8-14(9-11-15)13(2)17/h8-11,13,17H,3-7,12H2,1-2H3/t13-/m0/s1. The van der Waals surface area contributed by atoms with E-state index in [9.17, 15) is 9.90 Å². The zero-order chi connectivity index (χ0) is 14.8. The molecule has 4 heteroatoms. The fraction of sp³-hybridized carbons (Fsp3) is 0.562. The maximum atomic E-state index is 11.1. The molecule has 0 amide bonds. The lowest BCUT2D eigenvalue weighted by molar-refractivity contribution is -0.143. The third-order valence-corrected chi connectivity index (χ3v) is 2.96. The van der Waals surface area contributed by atoms with E-state index in [1.54, 1.807) is 6.92 Å². The second kappa shape index (κ2) is 9.37. The van der Waals surface area contributed by atoms with Gasteiger partial charge in [0.2, 0.25) is 0 Å². The van der Waals surface area contributed by atoms with Crippen molar-refractivity contribution in [1.29, 1.82) is 0 Å². The fourth-order valence-electron chi connectivity index (χ4n) is 1.81. The molecule has 0 heterocycles. The zero-order valence-corrected chi connectivity index (χ0v) is 12.3. The Labute approximate surface area is 120 Å². The van der Waals surface area contributed by atoms with Crippen LogP contribution in [0.1, 0.15) is 51.2 Å². The van der Waals surface area contributed by atoms with Gasteiger partial charge in [-0.25, -0.2) is 0 Å². The van der Waals surface area contributed by atoms with Crippen molar-refractivity contribution in [3.63, 3.8) is 0 Å². The van der Waals surface area contributed by atoms with Crippen LogP contribution in [0.15, 0.2) is 24.3 Å². The second-order valence-electron chi connectivity index (χ2n) is 4.71. The van der Waals surface area contributed by atoms with Gasteiger partial charge in [0.1, 0.15) is 5.75 Å². The minimum atomic E-state index is -0.452. The monoisotopic (exact) mass is 280 g/mol. The summed E-state index contributed by atoms with van der Waals surface area (Å²) in [7, 11) is 0. The number of esters is 1. The summed E-state index contributed by atoms with van der Waals surface area (Å²) in [5.74, 6) is 0.682. The van der Waals surface area contributed by atoms with Crippen LogP contribution in [-0.2, 0) is 9.53 Å². The Bertz CT molecular complexity index is 384. The van der Waals surface area contributed by atoms with Crippen LogP contribution >= 0.6 is 0 Å². The number of rotatable bonds is 9. The average molecular weight is 280 g/mol. The Kier molecular flexibility index (Phi) is 7.73. The molecule has 0 aromatic heterocycles. The summed E-state index contributed by atoms with van der Waals surface area (Å²) < 4.78 is 10.5. The Balaban J connectivity index is 2.10. The topological polar surface area (TPSA) is 55.8 Å². The molecule has 0 aliphatic carbocycles. The van der Waals surface area contributed by atoms with Crippen molar-refractivity contribution in [2.75, 3.05) is 13.2 Å². The van der Waals surface area contributed by atoms with Crippen molar-refractivity contribution in [1.82, 2.24) is 0 Å². The van der Waals surface area contributed by atoms with Crippen LogP contribution in [0.4, 0.5) is 0 Å². The number of benzene rings is 1. The smallest absolute Gasteiger partial charge is 0.305 e. The van der Waals surface area contributed by atoms with Gasteiger partial charge in [-0.1, -0.05) is 12.1 Å². The molecule has 0 bridgehead atoms. The summed E-state index contributed by atoms with van der Waals surface area (Å²) in [6.45, 7) is 4.63. The highest BCUT2D eigenvalue weighted by Crippen LogP contribution is 2.17. The summed E-state index contributed by atoms with van der Waals surface area (Å²) in [6, 6.07) is 7.45. The Morgan fingerprint density at radius 2 is 1.90 bits per heavy atom. The van der Waals surface area contributed by atoms with Crippen molar-refractivity contribution in [3.8, 4) is 5.75 Å². The van der Waals surface area contributed by atoms with Gasteiger partial charge in [-0.3, -0.25) is 4.79 Å². The fourth-order valence-corrected chi connectivity index (χ4v) is 1.81. The highest BCUT2D eigenvalue weighted by atomic mass is 16.5. The number of hydrogen-bond acceptors (Lipinski definition) is 4. The second-order valence-corrected chi connectivity index (χ2v) is 4.71. The number of hydrogen-bond donors (Lipinski definition) is 1. The third kappa shape index (κ3) is 6.57. The van der Waals surface area contributed by atoms with Crippen LogP contribution in [0.2, 0.25) is 0 Å². The van der Waals surface area contributed by atoms with Crippen molar-refractivity contribution in [3.05, 3.63) is 29.8 Å². The van der Waals surface area contributed by atoms with E-state index in [0.29, 0.717) is 19.6 Å². The van der Waals surface area contributed by atoms with Crippen LogP contribution in [0.3, 0.4) is 0 Å². The summed E-state index contributed by atoms with van der Waals surface area (Å²) >= 11 is 0. The highest BCUT2D eigenvalue weighted by molar-refractivity contribution is 5.69. The molecule has 0 saturated carbocycles. The molecule has 0 fully saturated rings. The third-order valence-electron chi connectivity index (χ3n) is 2.96. The molecule has 4 nitrogen and oxygen atoms in total. The SMILES string of the molecule is CCOC(=O)CCCCCOc1ccc([C@H](C)O)cc1. The van der Waals surface area contributed by atoms with E-state index in [4.69, 9.17) is 9.47 Å². The largest absolute Gasteiger partial charge is 0.494 e. The van der Waals surface area contributed by atoms with Crippen molar-refractivity contribution >= 4 is 5.97 Å². The Morgan fingerprint density at radius 1 is 1.20 bits per heavy atom. The molecule has 0 saturated heterocycles. The maximum absolute atomic E-state index is 11.1. The molecular formula is C16H24O4. The number of carbonyl (C=O) groups is 1. The molecule has 20 heavy (non-hydrogen) atoms. The molecular weight excluding hydrogens is 256 g/mol. The minimum absolute atomic E-state index is 0.123. The molecule has 1 aromatic rings. The van der Waals surface area contributed by atoms with E-state index in [1.807, 2.05) is 31.2 Å². The number of unbranched alkanes of at least 4 members (excludes halogenated alkanes) is 2. The zero-order valence-electron chi connectivity index (χ0n) is 12.3. The van der Waals surface area contributed by atoms with Gasteiger partial charge in [-0.2, -0.15) is 0 Å². The first-order valence-corrected chi connectivity index (χ1v) is 7.20. The highest BCUT2D eigenvalue weighted by Gasteiger charge is 2.02. The van der Waals surface area contributed by atoms with E-state index in [1.165, 1.54) is 0 Å². The molecule has 0 spiro atoms. The van der Waals surface area contributed by atoms with E-state index in [2.05, 4.69) is 0 Å². The summed E-state index contributed by atoms with van der Waals surface area (Å²) in [5, 5.41) is 9.39. The van der Waals surface area contributed by atoms with Crippen LogP contribution in [0.25, 0.3) is 0 Å². The van der Waals surface area contributed by atoms with E-state index in [-0.39, 0.29) is 5.97 Å². The van der Waals surface area contributed by atoms with Gasteiger partial charge in [-0.15, -0.1) is 0 Å². The number of ether oxygens (including phenoxy) is 2. The van der Waals surface area contributed by atoms with Gasteiger partial charge < -0.3 is 14.6 Å². The average Bonchev–Trinajstić information content (AvgIpc) is 2.43. The van der Waals surface area contributed by atoms with Crippen LogP contribution in [0, 0.1) is 0 Å². The summed E-state index contributed by atoms with van der Waals surface area (Å²) in [4.78, 5) is 11.1. The van der Waals surface area contributed by atoms with Gasteiger partial charge in [-0.05, 0) is 50.8 Å². The molecule has 1 aromatic carbocycles.